The second-order valence-electron chi connectivity index (χ2n) is 6.52. The van der Waals surface area contributed by atoms with E-state index in [1.54, 1.807) is 17.1 Å². The molecule has 4 rings (SSSR count). The van der Waals surface area contributed by atoms with Gasteiger partial charge in [-0.15, -0.1) is 0 Å². The Morgan fingerprint density at radius 1 is 1.26 bits per heavy atom. The van der Waals surface area contributed by atoms with Crippen LogP contribution in [0.15, 0.2) is 36.7 Å². The summed E-state index contributed by atoms with van der Waals surface area (Å²) in [5, 5.41) is 4.10. The van der Waals surface area contributed by atoms with Crippen LogP contribution in [0.4, 0.5) is 0 Å². The normalized spacial score (nSPS) is 23.1. The lowest BCUT2D eigenvalue weighted by Crippen LogP contribution is -2.59. The molecule has 1 aliphatic carbocycles. The van der Waals surface area contributed by atoms with Crippen molar-refractivity contribution < 1.29 is 9.53 Å². The second kappa shape index (κ2) is 5.72. The first-order chi connectivity index (χ1) is 11.2. The molecule has 2 fully saturated rings. The van der Waals surface area contributed by atoms with Crippen LogP contribution in [-0.2, 0) is 7.05 Å². The number of hydrogen-bond acceptors (Lipinski definition) is 3. The SMILES string of the molecule is Cn1cc(Oc2ccccc2C(=O)N2C[C@H]3CCCC[C@H]32)cn1. The van der Waals surface area contributed by atoms with E-state index >= 15 is 0 Å². The fourth-order valence-corrected chi connectivity index (χ4v) is 3.76. The molecule has 1 aromatic heterocycles. The standard InChI is InChI=1S/C18H21N3O2/c1-20-12-14(10-19-20)23-17-9-5-3-7-15(17)18(22)21-11-13-6-2-4-8-16(13)21/h3,5,7,9-10,12-13,16H,2,4,6,8,11H2,1H3/t13-,16-/m1/s1. The van der Waals surface area contributed by atoms with Crippen molar-refractivity contribution in [2.75, 3.05) is 6.54 Å². The number of likely N-dealkylation sites (tertiary alicyclic amines) is 1. The molecule has 23 heavy (non-hydrogen) atoms. The molecule has 1 amide bonds. The Kier molecular flexibility index (Phi) is 3.56. The molecule has 5 heteroatoms. The van der Waals surface area contributed by atoms with Gasteiger partial charge in [-0.2, -0.15) is 5.10 Å². The van der Waals surface area contributed by atoms with Crippen molar-refractivity contribution >= 4 is 5.91 Å². The number of aromatic nitrogens is 2. The van der Waals surface area contributed by atoms with Crippen molar-refractivity contribution in [2.45, 2.75) is 31.7 Å². The molecular formula is C18H21N3O2. The molecule has 5 nitrogen and oxygen atoms in total. The van der Waals surface area contributed by atoms with Crippen LogP contribution in [-0.4, -0.2) is 33.2 Å². The molecule has 0 radical (unpaired) electrons. The summed E-state index contributed by atoms with van der Waals surface area (Å²) in [5.74, 6) is 2.04. The van der Waals surface area contributed by atoms with E-state index in [0.29, 0.717) is 29.0 Å². The summed E-state index contributed by atoms with van der Waals surface area (Å²) in [5.41, 5.74) is 0.639. The zero-order valence-corrected chi connectivity index (χ0v) is 13.3. The zero-order chi connectivity index (χ0) is 15.8. The maximum Gasteiger partial charge on any atom is 0.257 e. The number of hydrogen-bond donors (Lipinski definition) is 0. The number of carbonyl (C=O) groups excluding carboxylic acids is 1. The van der Waals surface area contributed by atoms with Crippen LogP contribution in [0, 0.1) is 5.92 Å². The minimum absolute atomic E-state index is 0.0904. The lowest BCUT2D eigenvalue weighted by atomic mass is 9.76. The number of amides is 1. The van der Waals surface area contributed by atoms with Crippen LogP contribution in [0.5, 0.6) is 11.5 Å². The Morgan fingerprint density at radius 3 is 2.87 bits per heavy atom. The van der Waals surface area contributed by atoms with Crippen LogP contribution < -0.4 is 4.74 Å². The predicted molar refractivity (Wildman–Crippen MR) is 86.5 cm³/mol. The van der Waals surface area contributed by atoms with Crippen LogP contribution >= 0.6 is 0 Å². The molecule has 1 saturated heterocycles. The number of ether oxygens (including phenoxy) is 1. The van der Waals surface area contributed by atoms with Gasteiger partial charge in [-0.1, -0.05) is 25.0 Å². The molecule has 120 valence electrons. The van der Waals surface area contributed by atoms with Gasteiger partial charge in [0, 0.05) is 19.6 Å². The molecule has 1 aliphatic heterocycles. The number of carbonyl (C=O) groups is 1. The Bertz CT molecular complexity index is 725. The van der Waals surface area contributed by atoms with Crippen molar-refractivity contribution in [1.82, 2.24) is 14.7 Å². The van der Waals surface area contributed by atoms with E-state index < -0.39 is 0 Å². The van der Waals surface area contributed by atoms with E-state index in [1.807, 2.05) is 36.2 Å². The average Bonchev–Trinajstić information content (AvgIpc) is 2.94. The van der Waals surface area contributed by atoms with Gasteiger partial charge in [-0.25, -0.2) is 0 Å². The summed E-state index contributed by atoms with van der Waals surface area (Å²) in [4.78, 5) is 14.9. The first kappa shape index (κ1) is 14.3. The molecule has 2 aromatic rings. The fourth-order valence-electron chi connectivity index (χ4n) is 3.76. The van der Waals surface area contributed by atoms with Gasteiger partial charge in [0.05, 0.1) is 18.0 Å². The van der Waals surface area contributed by atoms with E-state index in [1.165, 1.54) is 19.3 Å². The maximum atomic E-state index is 12.9. The number of nitrogens with zero attached hydrogens (tertiary/aromatic N) is 3. The Balaban J connectivity index is 1.55. The van der Waals surface area contributed by atoms with Crippen LogP contribution in [0.2, 0.25) is 0 Å². The minimum atomic E-state index is 0.0904. The first-order valence-corrected chi connectivity index (χ1v) is 8.29. The maximum absolute atomic E-state index is 12.9. The van der Waals surface area contributed by atoms with E-state index in [2.05, 4.69) is 5.10 Å². The van der Waals surface area contributed by atoms with E-state index in [-0.39, 0.29) is 5.91 Å². The average molecular weight is 311 g/mol. The van der Waals surface area contributed by atoms with Gasteiger partial charge in [-0.3, -0.25) is 9.48 Å². The second-order valence-corrected chi connectivity index (χ2v) is 6.52. The molecule has 2 aliphatic rings. The molecule has 1 aromatic carbocycles. The molecule has 0 N–H and O–H groups in total. The summed E-state index contributed by atoms with van der Waals surface area (Å²) in [7, 11) is 1.84. The largest absolute Gasteiger partial charge is 0.453 e. The molecule has 0 unspecified atom stereocenters. The smallest absolute Gasteiger partial charge is 0.257 e. The highest BCUT2D eigenvalue weighted by molar-refractivity contribution is 5.97. The summed E-state index contributed by atoms with van der Waals surface area (Å²) in [6.45, 7) is 0.894. The van der Waals surface area contributed by atoms with Gasteiger partial charge in [-0.05, 0) is 30.9 Å². The van der Waals surface area contributed by atoms with Gasteiger partial charge in [0.1, 0.15) is 5.75 Å². The van der Waals surface area contributed by atoms with Crippen LogP contribution in [0.25, 0.3) is 0 Å². The monoisotopic (exact) mass is 311 g/mol. The Hall–Kier alpha value is -2.30. The molecule has 2 heterocycles. The number of benzene rings is 1. The number of aryl methyl sites for hydroxylation is 1. The van der Waals surface area contributed by atoms with Gasteiger partial charge in [0.2, 0.25) is 0 Å². The highest BCUT2D eigenvalue weighted by atomic mass is 16.5. The molecule has 2 atom stereocenters. The topological polar surface area (TPSA) is 47.4 Å². The first-order valence-electron chi connectivity index (χ1n) is 8.29. The van der Waals surface area contributed by atoms with Crippen molar-refractivity contribution in [1.29, 1.82) is 0 Å². The zero-order valence-electron chi connectivity index (χ0n) is 13.3. The van der Waals surface area contributed by atoms with E-state index in [4.69, 9.17) is 4.74 Å². The molecular weight excluding hydrogens is 290 g/mol. The quantitative estimate of drug-likeness (QED) is 0.874. The van der Waals surface area contributed by atoms with Gasteiger partial charge >= 0.3 is 0 Å². The molecule has 0 spiro atoms. The Labute approximate surface area is 135 Å². The fraction of sp³-hybridized carbons (Fsp3) is 0.444. The van der Waals surface area contributed by atoms with Crippen molar-refractivity contribution in [2.24, 2.45) is 13.0 Å². The lowest BCUT2D eigenvalue weighted by Gasteiger charge is -2.51. The van der Waals surface area contributed by atoms with Gasteiger partial charge < -0.3 is 9.64 Å². The third-order valence-electron chi connectivity index (χ3n) is 4.99. The third kappa shape index (κ3) is 2.60. The highest BCUT2D eigenvalue weighted by Gasteiger charge is 2.43. The predicted octanol–water partition coefficient (Wildman–Crippen LogP) is 3.23. The van der Waals surface area contributed by atoms with E-state index in [9.17, 15) is 4.79 Å². The van der Waals surface area contributed by atoms with Crippen LogP contribution in [0.1, 0.15) is 36.0 Å². The van der Waals surface area contributed by atoms with Gasteiger partial charge in [0.25, 0.3) is 5.91 Å². The number of rotatable bonds is 3. The number of para-hydroxylation sites is 1. The summed E-state index contributed by atoms with van der Waals surface area (Å²) in [6, 6.07) is 7.91. The minimum Gasteiger partial charge on any atom is -0.453 e. The Morgan fingerprint density at radius 2 is 2.09 bits per heavy atom. The van der Waals surface area contributed by atoms with Crippen molar-refractivity contribution in [3.05, 3.63) is 42.2 Å². The van der Waals surface area contributed by atoms with Gasteiger partial charge in [0.15, 0.2) is 5.75 Å². The third-order valence-corrected chi connectivity index (χ3v) is 4.99. The van der Waals surface area contributed by atoms with Crippen LogP contribution in [0.3, 0.4) is 0 Å². The number of fused-ring (bicyclic) bond motifs is 1. The molecule has 0 bridgehead atoms. The summed E-state index contributed by atoms with van der Waals surface area (Å²) >= 11 is 0. The summed E-state index contributed by atoms with van der Waals surface area (Å²) in [6.07, 6.45) is 8.40. The summed E-state index contributed by atoms with van der Waals surface area (Å²) < 4.78 is 7.56. The van der Waals surface area contributed by atoms with Crippen molar-refractivity contribution in [3.63, 3.8) is 0 Å². The highest BCUT2D eigenvalue weighted by Crippen LogP contribution is 2.39. The van der Waals surface area contributed by atoms with E-state index in [0.717, 1.165) is 13.0 Å². The van der Waals surface area contributed by atoms with Crippen molar-refractivity contribution in [3.8, 4) is 11.5 Å². The molecule has 1 saturated carbocycles. The lowest BCUT2D eigenvalue weighted by molar-refractivity contribution is -0.00380.